The van der Waals surface area contributed by atoms with Gasteiger partial charge in [-0.2, -0.15) is 18.3 Å². The van der Waals surface area contributed by atoms with Crippen molar-refractivity contribution < 1.29 is 37.0 Å². The van der Waals surface area contributed by atoms with Crippen LogP contribution in [0, 0.1) is 12.7 Å². The molecule has 4 rings (SSSR count). The number of fused-ring (bicyclic) bond motifs is 1. The highest BCUT2D eigenvalue weighted by Crippen LogP contribution is 2.47. The van der Waals surface area contributed by atoms with Gasteiger partial charge in [0.25, 0.3) is 5.91 Å². The molecule has 13 heteroatoms. The summed E-state index contributed by atoms with van der Waals surface area (Å²) in [6.07, 6.45) is -4.02. The van der Waals surface area contributed by atoms with Gasteiger partial charge in [0.05, 0.1) is 12.2 Å². The zero-order valence-corrected chi connectivity index (χ0v) is 19.6. The number of amides is 2. The molecule has 1 aromatic carbocycles. The first-order chi connectivity index (χ1) is 17.3. The fraction of sp³-hybridized carbons (Fsp3) is 0.292. The predicted molar refractivity (Wildman–Crippen MR) is 121 cm³/mol. The molecule has 0 saturated carbocycles. The Hall–Kier alpha value is -4.13. The maximum absolute atomic E-state index is 14.4. The maximum Gasteiger partial charge on any atom is 0.424 e. The van der Waals surface area contributed by atoms with Crippen LogP contribution in [-0.2, 0) is 15.8 Å². The van der Waals surface area contributed by atoms with E-state index in [4.69, 9.17) is 10.5 Å². The number of pyridine rings is 1. The third-order valence-corrected chi connectivity index (χ3v) is 6.27. The highest BCUT2D eigenvalue weighted by molar-refractivity contribution is 5.93. The molecule has 2 amide bonds. The quantitative estimate of drug-likeness (QED) is 0.425. The summed E-state index contributed by atoms with van der Waals surface area (Å²) in [5, 5.41) is 20.2. The summed E-state index contributed by atoms with van der Waals surface area (Å²) >= 11 is 0. The lowest BCUT2D eigenvalue weighted by Crippen LogP contribution is -2.52. The van der Waals surface area contributed by atoms with Gasteiger partial charge in [-0.15, -0.1) is 5.10 Å². The molecule has 2 aromatic heterocycles. The van der Waals surface area contributed by atoms with Gasteiger partial charge >= 0.3 is 6.18 Å². The first-order valence-electron chi connectivity index (χ1n) is 10.9. The first-order valence-corrected chi connectivity index (χ1v) is 10.9. The molecule has 0 bridgehead atoms. The molecule has 0 saturated heterocycles. The lowest BCUT2D eigenvalue weighted by Gasteiger charge is -2.31. The third-order valence-electron chi connectivity index (χ3n) is 6.27. The second-order valence-corrected chi connectivity index (χ2v) is 8.83. The van der Waals surface area contributed by atoms with E-state index in [2.05, 4.69) is 15.2 Å². The summed E-state index contributed by atoms with van der Waals surface area (Å²) in [7, 11) is 0. The van der Waals surface area contributed by atoms with Crippen molar-refractivity contribution in [3.63, 3.8) is 0 Å². The van der Waals surface area contributed by atoms with Gasteiger partial charge in [-0.05, 0) is 55.8 Å². The van der Waals surface area contributed by atoms with Gasteiger partial charge in [0.1, 0.15) is 29.3 Å². The number of ether oxygens (including phenoxy) is 1. The molecule has 0 unspecified atom stereocenters. The van der Waals surface area contributed by atoms with Crippen LogP contribution in [0.5, 0.6) is 5.75 Å². The Balaban J connectivity index is 1.86. The number of halogens is 4. The molecule has 4 N–H and O–H groups in total. The predicted octanol–water partition coefficient (Wildman–Crippen LogP) is 2.30. The van der Waals surface area contributed by atoms with Crippen molar-refractivity contribution in [1.29, 1.82) is 0 Å². The number of hydrogen-bond acceptors (Lipinski definition) is 7. The maximum atomic E-state index is 14.4. The van der Waals surface area contributed by atoms with Crippen molar-refractivity contribution in [3.05, 3.63) is 70.9 Å². The highest BCUT2D eigenvalue weighted by Gasteiger charge is 2.57. The van der Waals surface area contributed by atoms with Crippen molar-refractivity contribution in [3.8, 4) is 17.0 Å². The number of nitrogens with one attached hydrogen (secondary N) is 1. The van der Waals surface area contributed by atoms with Gasteiger partial charge < -0.3 is 20.9 Å². The molecular weight excluding hydrogens is 498 g/mol. The van der Waals surface area contributed by atoms with E-state index < -0.39 is 47.1 Å². The Kier molecular flexibility index (Phi) is 6.36. The second-order valence-electron chi connectivity index (χ2n) is 8.83. The van der Waals surface area contributed by atoms with Crippen LogP contribution in [0.1, 0.15) is 34.2 Å². The lowest BCUT2D eigenvalue weighted by atomic mass is 9.81. The fourth-order valence-corrected chi connectivity index (χ4v) is 3.85. The van der Waals surface area contributed by atoms with Gasteiger partial charge in [0.15, 0.2) is 5.69 Å². The fourth-order valence-electron chi connectivity index (χ4n) is 3.85. The third kappa shape index (κ3) is 4.46. The highest BCUT2D eigenvalue weighted by atomic mass is 19.4. The number of aromatic nitrogens is 3. The van der Waals surface area contributed by atoms with Crippen LogP contribution in [0.25, 0.3) is 11.3 Å². The molecule has 1 aliphatic rings. The van der Waals surface area contributed by atoms with Crippen LogP contribution in [0.4, 0.5) is 17.6 Å². The minimum absolute atomic E-state index is 0.0274. The summed E-state index contributed by atoms with van der Waals surface area (Å²) in [6.45, 7) is 1.27. The molecule has 0 spiro atoms. The molecule has 194 valence electrons. The van der Waals surface area contributed by atoms with Gasteiger partial charge in [-0.1, -0.05) is 0 Å². The van der Waals surface area contributed by atoms with E-state index in [-0.39, 0.29) is 34.9 Å². The minimum atomic E-state index is -5.33. The van der Waals surface area contributed by atoms with Crippen LogP contribution >= 0.6 is 0 Å². The van der Waals surface area contributed by atoms with Crippen molar-refractivity contribution in [1.82, 2.24) is 20.5 Å². The van der Waals surface area contributed by atoms with E-state index in [0.29, 0.717) is 5.56 Å². The molecule has 0 fully saturated rings. The number of primary amides is 1. The van der Waals surface area contributed by atoms with Crippen molar-refractivity contribution in [2.24, 2.45) is 5.73 Å². The normalized spacial score (nSPS) is 18.5. The Bertz CT molecular complexity index is 1380. The molecule has 3 heterocycles. The topological polar surface area (TPSA) is 140 Å². The Morgan fingerprint density at radius 2 is 1.89 bits per heavy atom. The van der Waals surface area contributed by atoms with E-state index >= 15 is 0 Å². The number of benzene rings is 1. The van der Waals surface area contributed by atoms with Gasteiger partial charge in [0, 0.05) is 17.3 Å². The monoisotopic (exact) mass is 519 g/mol. The molecule has 3 aromatic rings. The molecule has 1 aliphatic heterocycles. The number of nitrogens with zero attached hydrogens (tertiary/aromatic N) is 3. The number of carbonyl (C=O) groups excluding carboxylic acids is 2. The molecule has 0 aliphatic carbocycles. The number of alkyl halides is 3. The summed E-state index contributed by atoms with van der Waals surface area (Å²) in [6, 6.07) is 6.98. The number of carbonyl (C=O) groups is 2. The molecule has 9 nitrogen and oxygen atoms in total. The Morgan fingerprint density at radius 1 is 1.22 bits per heavy atom. The lowest BCUT2D eigenvalue weighted by molar-refractivity contribution is -0.265. The summed E-state index contributed by atoms with van der Waals surface area (Å²) in [4.78, 5) is 28.8. The van der Waals surface area contributed by atoms with Crippen LogP contribution in [0.3, 0.4) is 0 Å². The largest absolute Gasteiger partial charge is 0.489 e. The van der Waals surface area contributed by atoms with E-state index in [1.54, 1.807) is 0 Å². The number of aryl methyl sites for hydroxylation is 1. The average Bonchev–Trinajstić information content (AvgIpc) is 3.20. The molecule has 0 radical (unpaired) electrons. The summed E-state index contributed by atoms with van der Waals surface area (Å²) < 4.78 is 62.2. The number of rotatable bonds is 6. The number of hydrogen-bond donors (Lipinski definition) is 3. The van der Waals surface area contributed by atoms with E-state index in [9.17, 15) is 32.3 Å². The van der Waals surface area contributed by atoms with Crippen LogP contribution in [0.2, 0.25) is 0 Å². The first kappa shape index (κ1) is 25.9. The second kappa shape index (κ2) is 9.07. The average molecular weight is 519 g/mol. The Labute approximate surface area is 207 Å². The molecular formula is C24H21F4N5O4. The van der Waals surface area contributed by atoms with E-state index in [0.717, 1.165) is 18.2 Å². The smallest absolute Gasteiger partial charge is 0.424 e. The van der Waals surface area contributed by atoms with Crippen molar-refractivity contribution >= 4 is 11.8 Å². The zero-order valence-electron chi connectivity index (χ0n) is 19.6. The van der Waals surface area contributed by atoms with Gasteiger partial charge in [0.2, 0.25) is 11.5 Å². The number of aliphatic hydroxyl groups is 1. The van der Waals surface area contributed by atoms with Gasteiger partial charge in [-0.3, -0.25) is 9.59 Å². The van der Waals surface area contributed by atoms with Crippen LogP contribution < -0.4 is 15.8 Å². The van der Waals surface area contributed by atoms with Crippen molar-refractivity contribution in [2.75, 3.05) is 13.2 Å². The summed E-state index contributed by atoms with van der Waals surface area (Å²) in [5.74, 6) is -2.51. The van der Waals surface area contributed by atoms with Crippen LogP contribution in [0.15, 0.2) is 42.6 Å². The van der Waals surface area contributed by atoms with Crippen molar-refractivity contribution in [2.45, 2.75) is 31.0 Å². The van der Waals surface area contributed by atoms with Crippen LogP contribution in [-0.4, -0.2) is 51.4 Å². The molecule has 37 heavy (non-hydrogen) atoms. The minimum Gasteiger partial charge on any atom is -0.489 e. The zero-order chi connectivity index (χ0) is 27.2. The van der Waals surface area contributed by atoms with Gasteiger partial charge in [-0.25, -0.2) is 9.37 Å². The standard InChI is InChI=1S/C24H21F4N5O4/c1-12-7-8-31-33-17(12)20(34)30-10-23(36,24(26,27)28)16-9-15-19(37-11-22(15,2)21(29)35)18(32-16)13-3-5-14(25)6-4-13/h3-9,36H,10-11H2,1-2H3,(H2,29,35)(H,30,34)/t22-,23-/m0/s1. The number of nitrogens with two attached hydrogens (primary N) is 1. The summed E-state index contributed by atoms with van der Waals surface area (Å²) in [5.41, 5.74) is -0.560. The molecule has 2 atom stereocenters. The van der Waals surface area contributed by atoms with E-state index in [1.165, 1.54) is 38.2 Å². The Morgan fingerprint density at radius 3 is 2.49 bits per heavy atom. The SMILES string of the molecule is Cc1ccnnc1C(=O)NC[C@](O)(c1cc2c(c(-c3ccc(F)cc3)n1)OC[C@]2(C)C(N)=O)C(F)(F)F. The van der Waals surface area contributed by atoms with E-state index in [1.807, 2.05) is 5.32 Å².